The number of nitrogens with one attached hydrogen (secondary N) is 1. The Morgan fingerprint density at radius 3 is 2.27 bits per heavy atom. The van der Waals surface area contributed by atoms with Crippen molar-refractivity contribution in [3.8, 4) is 17.2 Å². The molecule has 7 nitrogen and oxygen atoms in total. The van der Waals surface area contributed by atoms with E-state index < -0.39 is 0 Å². The normalized spacial score (nSPS) is 10.2. The molecule has 0 fully saturated rings. The van der Waals surface area contributed by atoms with Crippen molar-refractivity contribution in [1.29, 1.82) is 0 Å². The van der Waals surface area contributed by atoms with Crippen LogP contribution in [-0.4, -0.2) is 32.2 Å². The Hall–Kier alpha value is -2.70. The van der Waals surface area contributed by atoms with Gasteiger partial charge in [0, 0.05) is 5.56 Å². The van der Waals surface area contributed by atoms with E-state index in [-0.39, 0.29) is 12.5 Å². The minimum absolute atomic E-state index is 0.198. The predicted octanol–water partition coefficient (Wildman–Crippen LogP) is 1.94. The lowest BCUT2D eigenvalue weighted by Crippen LogP contribution is -2.23. The zero-order valence-corrected chi connectivity index (χ0v) is 12.9. The van der Waals surface area contributed by atoms with Crippen LogP contribution >= 0.6 is 0 Å². The molecule has 1 N–H and O–H groups in total. The first-order valence-electron chi connectivity index (χ1n) is 6.58. The van der Waals surface area contributed by atoms with E-state index in [2.05, 4.69) is 10.3 Å². The second-order valence-electron chi connectivity index (χ2n) is 4.46. The van der Waals surface area contributed by atoms with E-state index >= 15 is 0 Å². The van der Waals surface area contributed by atoms with Gasteiger partial charge in [-0.25, -0.2) is 4.98 Å². The van der Waals surface area contributed by atoms with E-state index in [4.69, 9.17) is 18.6 Å². The number of ether oxygens (including phenoxy) is 3. The molecule has 2 aromatic rings. The first-order valence-corrected chi connectivity index (χ1v) is 6.58. The number of aromatic nitrogens is 1. The van der Waals surface area contributed by atoms with Gasteiger partial charge in [-0.15, -0.1) is 0 Å². The number of methoxy groups -OCH3 is 3. The lowest BCUT2D eigenvalue weighted by molar-refractivity contribution is 0.0946. The standard InChI is InChI=1S/C15H18N2O5/c1-9-7-16-13(22-9)8-17-15(18)10-5-11(19-2)14(21-4)12(6-10)20-3/h5-7H,8H2,1-4H3,(H,17,18). The minimum Gasteiger partial charge on any atom is -0.493 e. The second-order valence-corrected chi connectivity index (χ2v) is 4.46. The fraction of sp³-hybridized carbons (Fsp3) is 0.333. The minimum atomic E-state index is -0.296. The van der Waals surface area contributed by atoms with Crippen LogP contribution in [0, 0.1) is 6.92 Å². The molecule has 0 unspecified atom stereocenters. The molecule has 2 rings (SSSR count). The zero-order valence-electron chi connectivity index (χ0n) is 12.9. The summed E-state index contributed by atoms with van der Waals surface area (Å²) in [6.45, 7) is 1.99. The van der Waals surface area contributed by atoms with Crippen LogP contribution in [0.3, 0.4) is 0 Å². The quantitative estimate of drug-likeness (QED) is 0.878. The Balaban J connectivity index is 2.18. The Morgan fingerprint density at radius 1 is 1.18 bits per heavy atom. The number of amides is 1. The van der Waals surface area contributed by atoms with Crippen molar-refractivity contribution in [2.75, 3.05) is 21.3 Å². The molecule has 0 aliphatic heterocycles. The highest BCUT2D eigenvalue weighted by Gasteiger charge is 2.17. The molecular weight excluding hydrogens is 288 g/mol. The van der Waals surface area contributed by atoms with E-state index in [9.17, 15) is 4.79 Å². The van der Waals surface area contributed by atoms with Gasteiger partial charge < -0.3 is 23.9 Å². The molecule has 118 valence electrons. The van der Waals surface area contributed by atoms with Crippen molar-refractivity contribution < 1.29 is 23.4 Å². The third kappa shape index (κ3) is 3.30. The fourth-order valence-electron chi connectivity index (χ4n) is 1.95. The molecule has 0 aliphatic carbocycles. The van der Waals surface area contributed by atoms with Gasteiger partial charge in [0.2, 0.25) is 11.6 Å². The first kappa shape index (κ1) is 15.7. The van der Waals surface area contributed by atoms with Crippen molar-refractivity contribution in [3.63, 3.8) is 0 Å². The summed E-state index contributed by atoms with van der Waals surface area (Å²) in [5, 5.41) is 2.72. The average Bonchev–Trinajstić information content (AvgIpc) is 2.96. The Kier molecular flexibility index (Phi) is 4.88. The average molecular weight is 306 g/mol. The van der Waals surface area contributed by atoms with E-state index in [1.165, 1.54) is 21.3 Å². The van der Waals surface area contributed by atoms with Crippen LogP contribution in [0.4, 0.5) is 0 Å². The first-order chi connectivity index (χ1) is 10.6. The van der Waals surface area contributed by atoms with Gasteiger partial charge >= 0.3 is 0 Å². The maximum atomic E-state index is 12.2. The molecule has 0 spiro atoms. The van der Waals surface area contributed by atoms with E-state index in [0.717, 1.165) is 0 Å². The monoisotopic (exact) mass is 306 g/mol. The van der Waals surface area contributed by atoms with Crippen molar-refractivity contribution in [3.05, 3.63) is 35.5 Å². The molecule has 0 saturated heterocycles. The number of aryl methyl sites for hydroxylation is 1. The Bertz CT molecular complexity index is 641. The molecule has 22 heavy (non-hydrogen) atoms. The highest BCUT2D eigenvalue weighted by molar-refractivity contribution is 5.95. The number of oxazole rings is 1. The molecule has 1 aromatic heterocycles. The Morgan fingerprint density at radius 2 is 1.82 bits per heavy atom. The van der Waals surface area contributed by atoms with Crippen molar-refractivity contribution >= 4 is 5.91 Å². The van der Waals surface area contributed by atoms with Gasteiger partial charge in [0.25, 0.3) is 5.91 Å². The van der Waals surface area contributed by atoms with E-state index in [1.807, 2.05) is 0 Å². The number of hydrogen-bond acceptors (Lipinski definition) is 6. The maximum absolute atomic E-state index is 12.2. The molecule has 1 heterocycles. The van der Waals surface area contributed by atoms with Gasteiger partial charge in [0.15, 0.2) is 11.5 Å². The summed E-state index contributed by atoms with van der Waals surface area (Å²) in [6.07, 6.45) is 1.60. The number of benzene rings is 1. The maximum Gasteiger partial charge on any atom is 0.251 e. The van der Waals surface area contributed by atoms with Crippen LogP contribution in [0.25, 0.3) is 0 Å². The van der Waals surface area contributed by atoms with E-state index in [1.54, 1.807) is 25.3 Å². The molecular formula is C15H18N2O5. The van der Waals surface area contributed by atoms with Crippen molar-refractivity contribution in [1.82, 2.24) is 10.3 Å². The van der Waals surface area contributed by atoms with Gasteiger partial charge in [-0.1, -0.05) is 0 Å². The van der Waals surface area contributed by atoms with Crippen molar-refractivity contribution in [2.24, 2.45) is 0 Å². The lowest BCUT2D eigenvalue weighted by atomic mass is 10.1. The highest BCUT2D eigenvalue weighted by atomic mass is 16.5. The number of nitrogens with zero attached hydrogens (tertiary/aromatic N) is 1. The predicted molar refractivity (Wildman–Crippen MR) is 78.5 cm³/mol. The van der Waals surface area contributed by atoms with Crippen LogP contribution in [-0.2, 0) is 6.54 Å². The number of carbonyl (C=O) groups excluding carboxylic acids is 1. The van der Waals surface area contributed by atoms with Gasteiger partial charge in [0.1, 0.15) is 5.76 Å². The molecule has 0 radical (unpaired) electrons. The highest BCUT2D eigenvalue weighted by Crippen LogP contribution is 2.38. The van der Waals surface area contributed by atoms with Gasteiger partial charge in [-0.05, 0) is 19.1 Å². The van der Waals surface area contributed by atoms with E-state index in [0.29, 0.717) is 34.5 Å². The summed E-state index contributed by atoms with van der Waals surface area (Å²) in [6, 6.07) is 3.16. The molecule has 0 bridgehead atoms. The van der Waals surface area contributed by atoms with Crippen LogP contribution in [0.1, 0.15) is 22.0 Å². The number of rotatable bonds is 6. The Labute approximate surface area is 128 Å². The molecule has 0 atom stereocenters. The van der Waals surface area contributed by atoms with Crippen LogP contribution in [0.5, 0.6) is 17.2 Å². The molecule has 0 saturated carbocycles. The third-order valence-electron chi connectivity index (χ3n) is 3.00. The smallest absolute Gasteiger partial charge is 0.251 e. The summed E-state index contributed by atoms with van der Waals surface area (Å²) in [4.78, 5) is 16.3. The summed E-state index contributed by atoms with van der Waals surface area (Å²) in [5.74, 6) is 2.10. The summed E-state index contributed by atoms with van der Waals surface area (Å²) >= 11 is 0. The molecule has 7 heteroatoms. The van der Waals surface area contributed by atoms with Gasteiger partial charge in [0.05, 0.1) is 34.1 Å². The summed E-state index contributed by atoms with van der Waals surface area (Å²) < 4.78 is 21.0. The zero-order chi connectivity index (χ0) is 16.1. The SMILES string of the molecule is COc1cc(C(=O)NCc2ncc(C)o2)cc(OC)c1OC. The molecule has 1 aromatic carbocycles. The second kappa shape index (κ2) is 6.84. The largest absolute Gasteiger partial charge is 0.493 e. The molecule has 0 aliphatic rings. The number of carbonyl (C=O) groups is 1. The summed E-state index contributed by atoms with van der Waals surface area (Å²) in [7, 11) is 4.49. The van der Waals surface area contributed by atoms with Crippen LogP contribution in [0.2, 0.25) is 0 Å². The van der Waals surface area contributed by atoms with Crippen molar-refractivity contribution in [2.45, 2.75) is 13.5 Å². The van der Waals surface area contributed by atoms with Crippen LogP contribution < -0.4 is 19.5 Å². The van der Waals surface area contributed by atoms with Gasteiger partial charge in [-0.3, -0.25) is 4.79 Å². The lowest BCUT2D eigenvalue weighted by Gasteiger charge is -2.13. The van der Waals surface area contributed by atoms with Crippen LogP contribution in [0.15, 0.2) is 22.7 Å². The summed E-state index contributed by atoms with van der Waals surface area (Å²) in [5.41, 5.74) is 0.387. The third-order valence-corrected chi connectivity index (χ3v) is 3.00. The molecule has 1 amide bonds. The topological polar surface area (TPSA) is 82.8 Å². The van der Waals surface area contributed by atoms with Gasteiger partial charge in [-0.2, -0.15) is 0 Å². The fourth-order valence-corrected chi connectivity index (χ4v) is 1.95. The number of hydrogen-bond donors (Lipinski definition) is 1.